The number of hydrogen-bond donors (Lipinski definition) is 1. The highest BCUT2D eigenvalue weighted by Crippen LogP contribution is 2.27. The van der Waals surface area contributed by atoms with Crippen molar-refractivity contribution in [2.45, 2.75) is 38.5 Å². The highest BCUT2D eigenvalue weighted by atomic mass is 16.2. The van der Waals surface area contributed by atoms with Gasteiger partial charge >= 0.3 is 0 Å². The molecule has 0 aromatic heterocycles. The number of rotatable bonds is 5. The van der Waals surface area contributed by atoms with Crippen LogP contribution in [0.25, 0.3) is 0 Å². The van der Waals surface area contributed by atoms with Gasteiger partial charge in [-0.15, -0.1) is 0 Å². The molecular formula is C13H24N2O. The molecule has 2 fully saturated rings. The minimum Gasteiger partial charge on any atom is -0.345 e. The average molecular weight is 224 g/mol. The Bertz CT molecular complexity index is 232. The van der Waals surface area contributed by atoms with Crippen LogP contribution in [0.15, 0.2) is 0 Å². The van der Waals surface area contributed by atoms with Gasteiger partial charge in [0.15, 0.2) is 0 Å². The van der Waals surface area contributed by atoms with Crippen LogP contribution >= 0.6 is 0 Å². The van der Waals surface area contributed by atoms with E-state index >= 15 is 0 Å². The van der Waals surface area contributed by atoms with Crippen molar-refractivity contribution in [2.24, 2.45) is 11.8 Å². The summed E-state index contributed by atoms with van der Waals surface area (Å²) in [5, 5.41) is 3.35. The van der Waals surface area contributed by atoms with Crippen LogP contribution in [-0.2, 0) is 4.79 Å². The number of carbonyl (C=O) groups excluding carboxylic acids is 1. The minimum absolute atomic E-state index is 0.346. The second-order valence-electron chi connectivity index (χ2n) is 5.47. The fraction of sp³-hybridized carbons (Fsp3) is 0.923. The molecular weight excluding hydrogens is 200 g/mol. The molecule has 0 aromatic carbocycles. The molecule has 92 valence electrons. The SMILES string of the molecule is CN(CC1CCC1)C(=O)CCC1CCNC1. The molecule has 3 heteroatoms. The molecule has 2 aliphatic rings. The Morgan fingerprint density at radius 1 is 1.31 bits per heavy atom. The number of amides is 1. The Hall–Kier alpha value is -0.570. The molecule has 3 nitrogen and oxygen atoms in total. The summed E-state index contributed by atoms with van der Waals surface area (Å²) in [7, 11) is 1.97. The topological polar surface area (TPSA) is 32.3 Å². The first-order valence-corrected chi connectivity index (χ1v) is 6.70. The van der Waals surface area contributed by atoms with Gasteiger partial charge in [0.25, 0.3) is 0 Å². The van der Waals surface area contributed by atoms with Crippen molar-refractivity contribution in [1.82, 2.24) is 10.2 Å². The van der Waals surface area contributed by atoms with Crippen LogP contribution < -0.4 is 5.32 Å². The summed E-state index contributed by atoms with van der Waals surface area (Å²) in [4.78, 5) is 13.8. The van der Waals surface area contributed by atoms with Crippen molar-refractivity contribution in [3.63, 3.8) is 0 Å². The largest absolute Gasteiger partial charge is 0.345 e. The Balaban J connectivity index is 1.61. The summed E-state index contributed by atoms with van der Waals surface area (Å²) in [6.07, 6.45) is 7.07. The van der Waals surface area contributed by atoms with Gasteiger partial charge in [-0.25, -0.2) is 0 Å². The fourth-order valence-electron chi connectivity index (χ4n) is 2.64. The maximum atomic E-state index is 11.9. The molecule has 0 bridgehead atoms. The summed E-state index contributed by atoms with van der Waals surface area (Å²) in [5.41, 5.74) is 0. The molecule has 1 aliphatic heterocycles. The van der Waals surface area contributed by atoms with Crippen LogP contribution in [-0.4, -0.2) is 37.5 Å². The summed E-state index contributed by atoms with van der Waals surface area (Å²) in [6.45, 7) is 3.23. The van der Waals surface area contributed by atoms with E-state index in [-0.39, 0.29) is 0 Å². The van der Waals surface area contributed by atoms with Crippen LogP contribution in [0.3, 0.4) is 0 Å². The lowest BCUT2D eigenvalue weighted by molar-refractivity contribution is -0.131. The van der Waals surface area contributed by atoms with E-state index in [9.17, 15) is 4.79 Å². The maximum absolute atomic E-state index is 11.9. The molecule has 16 heavy (non-hydrogen) atoms. The van der Waals surface area contributed by atoms with Crippen LogP contribution in [0.4, 0.5) is 0 Å². The first kappa shape index (κ1) is 11.9. The molecule has 2 rings (SSSR count). The summed E-state index contributed by atoms with van der Waals surface area (Å²) in [5.74, 6) is 1.88. The van der Waals surface area contributed by atoms with Crippen molar-refractivity contribution in [3.8, 4) is 0 Å². The van der Waals surface area contributed by atoms with Gasteiger partial charge in [0.05, 0.1) is 0 Å². The van der Waals surface area contributed by atoms with Gasteiger partial charge in [-0.05, 0) is 50.6 Å². The van der Waals surface area contributed by atoms with Crippen LogP contribution in [0.5, 0.6) is 0 Å². The third-order valence-electron chi connectivity index (χ3n) is 4.11. The van der Waals surface area contributed by atoms with Gasteiger partial charge in [-0.1, -0.05) is 6.42 Å². The quantitative estimate of drug-likeness (QED) is 0.770. The lowest BCUT2D eigenvalue weighted by Gasteiger charge is -2.30. The predicted octanol–water partition coefficient (Wildman–Crippen LogP) is 1.63. The van der Waals surface area contributed by atoms with Crippen LogP contribution in [0.1, 0.15) is 38.5 Å². The highest BCUT2D eigenvalue weighted by Gasteiger charge is 2.22. The van der Waals surface area contributed by atoms with E-state index in [1.165, 1.54) is 25.7 Å². The lowest BCUT2D eigenvalue weighted by Crippen LogP contribution is -2.34. The monoisotopic (exact) mass is 224 g/mol. The zero-order chi connectivity index (χ0) is 11.4. The molecule has 0 aromatic rings. The van der Waals surface area contributed by atoms with E-state index in [0.717, 1.165) is 44.3 Å². The first-order chi connectivity index (χ1) is 7.75. The van der Waals surface area contributed by atoms with E-state index < -0.39 is 0 Å². The van der Waals surface area contributed by atoms with Gasteiger partial charge < -0.3 is 10.2 Å². The van der Waals surface area contributed by atoms with E-state index in [0.29, 0.717) is 5.91 Å². The molecule has 1 saturated heterocycles. The number of carbonyl (C=O) groups is 1. The first-order valence-electron chi connectivity index (χ1n) is 6.70. The summed E-state index contributed by atoms with van der Waals surface area (Å²) >= 11 is 0. The van der Waals surface area contributed by atoms with Crippen LogP contribution in [0.2, 0.25) is 0 Å². The molecule has 1 amide bonds. The Kier molecular flexibility index (Phi) is 4.22. The van der Waals surface area contributed by atoms with E-state index in [1.807, 2.05) is 11.9 Å². The fourth-order valence-corrected chi connectivity index (χ4v) is 2.64. The lowest BCUT2D eigenvalue weighted by atomic mass is 9.85. The molecule has 1 N–H and O–H groups in total. The second kappa shape index (κ2) is 5.67. The molecule has 1 saturated carbocycles. The van der Waals surface area contributed by atoms with E-state index in [1.54, 1.807) is 0 Å². The van der Waals surface area contributed by atoms with Gasteiger partial charge in [-0.3, -0.25) is 4.79 Å². The number of hydrogen-bond acceptors (Lipinski definition) is 2. The maximum Gasteiger partial charge on any atom is 0.222 e. The smallest absolute Gasteiger partial charge is 0.222 e. The molecule has 1 atom stereocenters. The zero-order valence-electron chi connectivity index (χ0n) is 10.4. The predicted molar refractivity (Wildman–Crippen MR) is 65.2 cm³/mol. The molecule has 1 unspecified atom stereocenters. The standard InChI is InChI=1S/C13H24N2O/c1-15(10-12-3-2-4-12)13(16)6-5-11-7-8-14-9-11/h11-12,14H,2-10H2,1H3. The average Bonchev–Trinajstić information content (AvgIpc) is 2.72. The van der Waals surface area contributed by atoms with Gasteiger partial charge in [0.2, 0.25) is 5.91 Å². The molecule has 0 radical (unpaired) electrons. The zero-order valence-corrected chi connectivity index (χ0v) is 10.4. The van der Waals surface area contributed by atoms with Crippen LogP contribution in [0, 0.1) is 11.8 Å². The molecule has 0 spiro atoms. The number of nitrogens with one attached hydrogen (secondary N) is 1. The highest BCUT2D eigenvalue weighted by molar-refractivity contribution is 5.75. The van der Waals surface area contributed by atoms with Crippen molar-refractivity contribution < 1.29 is 4.79 Å². The molecule has 1 aliphatic carbocycles. The Labute approximate surface area is 98.6 Å². The summed E-state index contributed by atoms with van der Waals surface area (Å²) < 4.78 is 0. The van der Waals surface area contributed by atoms with Gasteiger partial charge in [0, 0.05) is 20.0 Å². The van der Waals surface area contributed by atoms with E-state index in [4.69, 9.17) is 0 Å². The van der Waals surface area contributed by atoms with Crippen molar-refractivity contribution in [1.29, 1.82) is 0 Å². The van der Waals surface area contributed by atoms with E-state index in [2.05, 4.69) is 5.32 Å². The second-order valence-corrected chi connectivity index (χ2v) is 5.47. The Morgan fingerprint density at radius 3 is 2.69 bits per heavy atom. The molecule has 1 heterocycles. The van der Waals surface area contributed by atoms with Crippen molar-refractivity contribution in [2.75, 3.05) is 26.7 Å². The number of nitrogens with zero attached hydrogens (tertiary/aromatic N) is 1. The van der Waals surface area contributed by atoms with Gasteiger partial charge in [-0.2, -0.15) is 0 Å². The van der Waals surface area contributed by atoms with Crippen molar-refractivity contribution in [3.05, 3.63) is 0 Å². The third kappa shape index (κ3) is 3.21. The van der Waals surface area contributed by atoms with Gasteiger partial charge in [0.1, 0.15) is 0 Å². The third-order valence-corrected chi connectivity index (χ3v) is 4.11. The van der Waals surface area contributed by atoms with Crippen molar-refractivity contribution >= 4 is 5.91 Å². The minimum atomic E-state index is 0.346. The summed E-state index contributed by atoms with van der Waals surface area (Å²) in [6, 6.07) is 0. The Morgan fingerprint density at radius 2 is 2.12 bits per heavy atom. The normalized spacial score (nSPS) is 25.4.